The van der Waals surface area contributed by atoms with Crippen LogP contribution in [0.3, 0.4) is 0 Å². The molecule has 2 aromatic rings. The molecule has 4 nitrogen and oxygen atoms in total. The highest BCUT2D eigenvalue weighted by Crippen LogP contribution is 2.34. The first-order valence-corrected chi connectivity index (χ1v) is 8.08. The van der Waals surface area contributed by atoms with E-state index in [4.69, 9.17) is 0 Å². The smallest absolute Gasteiger partial charge is 0.0815 e. The molecule has 1 fully saturated rings. The van der Waals surface area contributed by atoms with Crippen molar-refractivity contribution in [3.8, 4) is 5.69 Å². The van der Waals surface area contributed by atoms with Crippen LogP contribution in [0.5, 0.6) is 0 Å². The van der Waals surface area contributed by atoms with Crippen molar-refractivity contribution >= 4 is 0 Å². The zero-order valence-electron chi connectivity index (χ0n) is 12.7. The van der Waals surface area contributed by atoms with Gasteiger partial charge in [0.15, 0.2) is 0 Å². The lowest BCUT2D eigenvalue weighted by molar-refractivity contribution is 0.258. The van der Waals surface area contributed by atoms with Crippen LogP contribution in [0, 0.1) is 5.92 Å². The zero-order valence-corrected chi connectivity index (χ0v) is 12.7. The third kappa shape index (κ3) is 3.32. The van der Waals surface area contributed by atoms with Crippen molar-refractivity contribution < 1.29 is 0 Å². The first-order chi connectivity index (χ1) is 10.4. The quantitative estimate of drug-likeness (QED) is 0.846. The van der Waals surface area contributed by atoms with E-state index in [9.17, 15) is 0 Å². The van der Waals surface area contributed by atoms with E-state index >= 15 is 0 Å². The van der Waals surface area contributed by atoms with Crippen molar-refractivity contribution in [3.63, 3.8) is 0 Å². The molecule has 1 aromatic carbocycles. The number of rotatable bonds is 7. The minimum atomic E-state index is 0.352. The summed E-state index contributed by atoms with van der Waals surface area (Å²) >= 11 is 0. The molecule has 112 valence electrons. The standard InChI is InChI=1S/C17H24N4/c1-2-11-18-16(12-14-7-6-8-14)17-13-19-20-21(17)15-9-4-3-5-10-15/h3-5,9-10,13-14,16,18H,2,6-8,11-12H2,1H3. The Labute approximate surface area is 126 Å². The van der Waals surface area contributed by atoms with Crippen LogP contribution in [0.15, 0.2) is 36.5 Å². The molecule has 0 radical (unpaired) electrons. The van der Waals surface area contributed by atoms with Crippen molar-refractivity contribution in [3.05, 3.63) is 42.2 Å². The number of hydrogen-bond donors (Lipinski definition) is 1. The van der Waals surface area contributed by atoms with Crippen LogP contribution in [-0.2, 0) is 0 Å². The first kappa shape index (κ1) is 14.3. The maximum atomic E-state index is 4.29. The average molecular weight is 284 g/mol. The Balaban J connectivity index is 1.82. The fourth-order valence-electron chi connectivity index (χ4n) is 2.94. The summed E-state index contributed by atoms with van der Waals surface area (Å²) in [6.07, 6.45) is 8.39. The third-order valence-electron chi connectivity index (χ3n) is 4.37. The summed E-state index contributed by atoms with van der Waals surface area (Å²) in [4.78, 5) is 0. The number of para-hydroxylation sites is 1. The van der Waals surface area contributed by atoms with E-state index in [1.807, 2.05) is 29.1 Å². The molecule has 1 aromatic heterocycles. The van der Waals surface area contributed by atoms with E-state index < -0.39 is 0 Å². The van der Waals surface area contributed by atoms with Gasteiger partial charge in [-0.25, -0.2) is 4.68 Å². The number of aromatic nitrogens is 3. The zero-order chi connectivity index (χ0) is 14.5. The molecule has 0 saturated heterocycles. The van der Waals surface area contributed by atoms with Gasteiger partial charge < -0.3 is 5.32 Å². The lowest BCUT2D eigenvalue weighted by atomic mass is 9.80. The van der Waals surface area contributed by atoms with Crippen molar-refractivity contribution in [2.75, 3.05) is 6.54 Å². The molecule has 0 aliphatic heterocycles. The van der Waals surface area contributed by atoms with E-state index in [1.54, 1.807) is 0 Å². The molecule has 3 rings (SSSR count). The van der Waals surface area contributed by atoms with Gasteiger partial charge in [0, 0.05) is 0 Å². The van der Waals surface area contributed by atoms with Gasteiger partial charge in [0.25, 0.3) is 0 Å². The summed E-state index contributed by atoms with van der Waals surface area (Å²) < 4.78 is 1.98. The van der Waals surface area contributed by atoms with E-state index in [0.29, 0.717) is 6.04 Å². The predicted octanol–water partition coefficient (Wildman–Crippen LogP) is 3.50. The van der Waals surface area contributed by atoms with E-state index in [1.165, 1.54) is 31.4 Å². The molecule has 1 heterocycles. The summed E-state index contributed by atoms with van der Waals surface area (Å²) in [5.74, 6) is 0.860. The highest BCUT2D eigenvalue weighted by atomic mass is 15.4. The molecular weight excluding hydrogens is 260 g/mol. The molecule has 0 bridgehead atoms. The molecule has 4 heteroatoms. The predicted molar refractivity (Wildman–Crippen MR) is 84.4 cm³/mol. The van der Waals surface area contributed by atoms with Gasteiger partial charge in [-0.2, -0.15) is 0 Å². The first-order valence-electron chi connectivity index (χ1n) is 8.08. The van der Waals surface area contributed by atoms with Crippen molar-refractivity contribution in [2.24, 2.45) is 5.92 Å². The minimum absolute atomic E-state index is 0.352. The normalized spacial score (nSPS) is 16.6. The van der Waals surface area contributed by atoms with Crippen molar-refractivity contribution in [2.45, 2.75) is 45.1 Å². The van der Waals surface area contributed by atoms with Gasteiger partial charge in [0.1, 0.15) is 0 Å². The highest BCUT2D eigenvalue weighted by Gasteiger charge is 2.25. The van der Waals surface area contributed by atoms with E-state index in [0.717, 1.165) is 24.6 Å². The lowest BCUT2D eigenvalue weighted by Gasteiger charge is -2.30. The third-order valence-corrected chi connectivity index (χ3v) is 4.37. The van der Waals surface area contributed by atoms with Gasteiger partial charge in [-0.15, -0.1) is 5.10 Å². The van der Waals surface area contributed by atoms with E-state index in [-0.39, 0.29) is 0 Å². The second kappa shape index (κ2) is 6.85. The molecule has 0 amide bonds. The lowest BCUT2D eigenvalue weighted by Crippen LogP contribution is -2.28. The van der Waals surface area contributed by atoms with Gasteiger partial charge in [-0.3, -0.25) is 0 Å². The largest absolute Gasteiger partial charge is 0.309 e. The van der Waals surface area contributed by atoms with Gasteiger partial charge in [-0.1, -0.05) is 49.6 Å². The molecule has 1 unspecified atom stereocenters. The van der Waals surface area contributed by atoms with Crippen molar-refractivity contribution in [1.29, 1.82) is 0 Å². The second-order valence-electron chi connectivity index (χ2n) is 5.95. The molecule has 1 aliphatic rings. The van der Waals surface area contributed by atoms with Crippen LogP contribution < -0.4 is 5.32 Å². The van der Waals surface area contributed by atoms with Gasteiger partial charge in [0.05, 0.1) is 23.6 Å². The summed E-state index contributed by atoms with van der Waals surface area (Å²) in [6, 6.07) is 10.6. The molecule has 1 N–H and O–H groups in total. The number of nitrogens with zero attached hydrogens (tertiary/aromatic N) is 3. The minimum Gasteiger partial charge on any atom is -0.309 e. The molecule has 21 heavy (non-hydrogen) atoms. The SMILES string of the molecule is CCCNC(CC1CCC1)c1cnnn1-c1ccccc1. The Bertz CT molecular complexity index is 545. The van der Waals surface area contributed by atoms with Gasteiger partial charge >= 0.3 is 0 Å². The summed E-state index contributed by atoms with van der Waals surface area (Å²) in [6.45, 7) is 3.25. The van der Waals surface area contributed by atoms with Crippen LogP contribution in [0.1, 0.15) is 50.8 Å². The maximum Gasteiger partial charge on any atom is 0.0815 e. The molecule has 1 aliphatic carbocycles. The van der Waals surface area contributed by atoms with Crippen molar-refractivity contribution in [1.82, 2.24) is 20.3 Å². The molecular formula is C17H24N4. The highest BCUT2D eigenvalue weighted by molar-refractivity contribution is 5.32. The summed E-state index contributed by atoms with van der Waals surface area (Å²) in [5.41, 5.74) is 2.27. The molecule has 0 spiro atoms. The van der Waals surface area contributed by atoms with E-state index in [2.05, 4.69) is 34.7 Å². The Hall–Kier alpha value is -1.68. The van der Waals surface area contributed by atoms with Crippen LogP contribution >= 0.6 is 0 Å². The fourth-order valence-corrected chi connectivity index (χ4v) is 2.94. The summed E-state index contributed by atoms with van der Waals surface area (Å²) in [5, 5.41) is 12.1. The maximum absolute atomic E-state index is 4.29. The van der Waals surface area contributed by atoms with Gasteiger partial charge in [-0.05, 0) is 37.4 Å². The monoisotopic (exact) mass is 284 g/mol. The van der Waals surface area contributed by atoms with Gasteiger partial charge in [0.2, 0.25) is 0 Å². The molecule has 1 atom stereocenters. The van der Waals surface area contributed by atoms with Crippen LogP contribution in [-0.4, -0.2) is 21.5 Å². The number of nitrogens with one attached hydrogen (secondary N) is 1. The molecule has 1 saturated carbocycles. The Morgan fingerprint density at radius 2 is 2.10 bits per heavy atom. The number of hydrogen-bond acceptors (Lipinski definition) is 3. The van der Waals surface area contributed by atoms with Crippen LogP contribution in [0.25, 0.3) is 5.69 Å². The number of benzene rings is 1. The topological polar surface area (TPSA) is 42.7 Å². The Morgan fingerprint density at radius 1 is 1.29 bits per heavy atom. The Morgan fingerprint density at radius 3 is 2.76 bits per heavy atom. The summed E-state index contributed by atoms with van der Waals surface area (Å²) in [7, 11) is 0. The van der Waals surface area contributed by atoms with Crippen LogP contribution in [0.2, 0.25) is 0 Å². The second-order valence-corrected chi connectivity index (χ2v) is 5.95. The fraction of sp³-hybridized carbons (Fsp3) is 0.529. The average Bonchev–Trinajstić information content (AvgIpc) is 2.96. The van der Waals surface area contributed by atoms with Crippen LogP contribution in [0.4, 0.5) is 0 Å². The Kier molecular flexibility index (Phi) is 4.65.